The second-order valence-electron chi connectivity index (χ2n) is 3.23. The molecule has 0 saturated carbocycles. The molecule has 0 spiro atoms. The predicted molar refractivity (Wildman–Crippen MR) is 43.5 cm³/mol. The molecule has 70 valence electrons. The Kier molecular flexibility index (Phi) is 3.34. The second-order valence-corrected chi connectivity index (χ2v) is 3.23. The van der Waals surface area contributed by atoms with E-state index in [2.05, 4.69) is 11.7 Å². The molecule has 1 aliphatic heterocycles. The van der Waals surface area contributed by atoms with Crippen LogP contribution in [0.15, 0.2) is 0 Å². The highest BCUT2D eigenvalue weighted by Gasteiger charge is 2.21. The normalized spacial score (nSPS) is 23.8. The van der Waals surface area contributed by atoms with Crippen LogP contribution in [0.3, 0.4) is 0 Å². The Hall–Kier alpha value is -0.770. The molecule has 1 unspecified atom stereocenters. The van der Waals surface area contributed by atoms with Gasteiger partial charge in [-0.05, 0) is 18.8 Å². The standard InChI is InChI=1S/C8H15NO3/c1-7-3-2-4-9(5-7)8(11)12-6-10/h7,10H,2-6H2,1H3. The van der Waals surface area contributed by atoms with Gasteiger partial charge < -0.3 is 14.7 Å². The predicted octanol–water partition coefficient (Wildman–Crippen LogP) is 0.805. The molecule has 0 bridgehead atoms. The van der Waals surface area contributed by atoms with Gasteiger partial charge in [-0.2, -0.15) is 0 Å². The molecule has 1 fully saturated rings. The molecule has 0 aliphatic carbocycles. The van der Waals surface area contributed by atoms with Gasteiger partial charge in [0.15, 0.2) is 6.79 Å². The Morgan fingerprint density at radius 2 is 2.50 bits per heavy atom. The molecule has 12 heavy (non-hydrogen) atoms. The molecule has 1 N–H and O–H groups in total. The molecular formula is C8H15NO3. The van der Waals surface area contributed by atoms with E-state index in [1.54, 1.807) is 4.90 Å². The summed E-state index contributed by atoms with van der Waals surface area (Å²) in [6.45, 7) is 3.09. The zero-order chi connectivity index (χ0) is 8.97. The largest absolute Gasteiger partial charge is 0.422 e. The lowest BCUT2D eigenvalue weighted by Crippen LogP contribution is -2.39. The fourth-order valence-corrected chi connectivity index (χ4v) is 1.50. The van der Waals surface area contributed by atoms with Crippen LogP contribution in [0.5, 0.6) is 0 Å². The fourth-order valence-electron chi connectivity index (χ4n) is 1.50. The van der Waals surface area contributed by atoms with Gasteiger partial charge >= 0.3 is 6.09 Å². The van der Waals surface area contributed by atoms with Crippen molar-refractivity contribution in [2.75, 3.05) is 19.9 Å². The molecular weight excluding hydrogens is 158 g/mol. The van der Waals surface area contributed by atoms with Gasteiger partial charge in [-0.1, -0.05) is 6.92 Å². The van der Waals surface area contributed by atoms with Crippen molar-refractivity contribution >= 4 is 6.09 Å². The van der Waals surface area contributed by atoms with E-state index in [0.29, 0.717) is 5.92 Å². The molecule has 1 amide bonds. The van der Waals surface area contributed by atoms with Gasteiger partial charge in [-0.25, -0.2) is 4.79 Å². The topological polar surface area (TPSA) is 49.8 Å². The molecule has 0 aromatic heterocycles. The van der Waals surface area contributed by atoms with E-state index in [0.717, 1.165) is 19.5 Å². The maximum Gasteiger partial charge on any atom is 0.411 e. The van der Waals surface area contributed by atoms with Crippen LogP contribution in [0, 0.1) is 5.92 Å². The van der Waals surface area contributed by atoms with Gasteiger partial charge in [-0.3, -0.25) is 0 Å². The molecule has 1 heterocycles. The van der Waals surface area contributed by atoms with Gasteiger partial charge in [0.2, 0.25) is 0 Å². The minimum Gasteiger partial charge on any atom is -0.422 e. The van der Waals surface area contributed by atoms with Gasteiger partial charge in [0.05, 0.1) is 0 Å². The van der Waals surface area contributed by atoms with Crippen molar-refractivity contribution in [3.8, 4) is 0 Å². The first kappa shape index (κ1) is 9.32. The van der Waals surface area contributed by atoms with Crippen LogP contribution < -0.4 is 0 Å². The number of rotatable bonds is 1. The number of piperidine rings is 1. The SMILES string of the molecule is CC1CCCN(C(=O)OCO)C1. The average molecular weight is 173 g/mol. The molecule has 0 aromatic rings. The van der Waals surface area contributed by atoms with Gasteiger partial charge in [0.25, 0.3) is 0 Å². The number of aliphatic hydroxyl groups is 1. The zero-order valence-electron chi connectivity index (χ0n) is 7.32. The highest BCUT2D eigenvalue weighted by molar-refractivity contribution is 5.67. The summed E-state index contributed by atoms with van der Waals surface area (Å²) in [6.07, 6.45) is 1.80. The van der Waals surface area contributed by atoms with Crippen LogP contribution in [0.1, 0.15) is 19.8 Å². The number of carbonyl (C=O) groups excluding carboxylic acids is 1. The maximum absolute atomic E-state index is 11.1. The molecule has 1 saturated heterocycles. The highest BCUT2D eigenvalue weighted by atomic mass is 16.6. The van der Waals surface area contributed by atoms with Crippen LogP contribution in [-0.2, 0) is 4.74 Å². The van der Waals surface area contributed by atoms with Crippen molar-refractivity contribution in [3.63, 3.8) is 0 Å². The van der Waals surface area contributed by atoms with E-state index < -0.39 is 12.9 Å². The summed E-state index contributed by atoms with van der Waals surface area (Å²) in [5, 5.41) is 8.36. The molecule has 1 rings (SSSR count). The van der Waals surface area contributed by atoms with Gasteiger partial charge in [0.1, 0.15) is 0 Å². The van der Waals surface area contributed by atoms with Crippen molar-refractivity contribution in [2.45, 2.75) is 19.8 Å². The number of nitrogens with zero attached hydrogens (tertiary/aromatic N) is 1. The third-order valence-electron chi connectivity index (χ3n) is 2.10. The van der Waals surface area contributed by atoms with E-state index in [1.165, 1.54) is 6.42 Å². The van der Waals surface area contributed by atoms with E-state index in [1.807, 2.05) is 0 Å². The first-order chi connectivity index (χ1) is 5.74. The fraction of sp³-hybridized carbons (Fsp3) is 0.875. The Labute approximate surface area is 72.1 Å². The first-order valence-corrected chi connectivity index (χ1v) is 4.26. The smallest absolute Gasteiger partial charge is 0.411 e. The van der Waals surface area contributed by atoms with Crippen LogP contribution in [-0.4, -0.2) is 36.0 Å². The molecule has 4 nitrogen and oxygen atoms in total. The monoisotopic (exact) mass is 173 g/mol. The summed E-state index contributed by atoms with van der Waals surface area (Å²) >= 11 is 0. The lowest BCUT2D eigenvalue weighted by Gasteiger charge is -2.29. The lowest BCUT2D eigenvalue weighted by atomic mass is 10.0. The van der Waals surface area contributed by atoms with E-state index in [9.17, 15) is 4.79 Å². The Morgan fingerprint density at radius 3 is 3.08 bits per heavy atom. The number of aliphatic hydroxyl groups excluding tert-OH is 1. The highest BCUT2D eigenvalue weighted by Crippen LogP contribution is 2.15. The van der Waals surface area contributed by atoms with Crippen molar-refractivity contribution < 1.29 is 14.6 Å². The summed E-state index contributed by atoms with van der Waals surface area (Å²) in [7, 11) is 0. The number of hydrogen-bond acceptors (Lipinski definition) is 3. The van der Waals surface area contributed by atoms with Crippen molar-refractivity contribution in [2.24, 2.45) is 5.92 Å². The third kappa shape index (κ3) is 2.37. The number of ether oxygens (including phenoxy) is 1. The molecule has 0 radical (unpaired) electrons. The Morgan fingerprint density at radius 1 is 1.75 bits per heavy atom. The Bertz CT molecular complexity index is 160. The Balaban J connectivity index is 2.35. The molecule has 1 aliphatic rings. The number of carbonyl (C=O) groups is 1. The molecule has 0 aromatic carbocycles. The summed E-state index contributed by atoms with van der Waals surface area (Å²) in [5.74, 6) is 0.546. The van der Waals surface area contributed by atoms with Crippen LogP contribution in [0.4, 0.5) is 4.79 Å². The van der Waals surface area contributed by atoms with Gasteiger partial charge in [-0.15, -0.1) is 0 Å². The van der Waals surface area contributed by atoms with Crippen LogP contribution in [0.2, 0.25) is 0 Å². The van der Waals surface area contributed by atoms with E-state index >= 15 is 0 Å². The lowest BCUT2D eigenvalue weighted by molar-refractivity contribution is 0.0158. The summed E-state index contributed by atoms with van der Waals surface area (Å²) < 4.78 is 4.47. The average Bonchev–Trinajstić information content (AvgIpc) is 2.05. The maximum atomic E-state index is 11.1. The van der Waals surface area contributed by atoms with E-state index in [4.69, 9.17) is 5.11 Å². The second kappa shape index (κ2) is 4.30. The summed E-state index contributed by atoms with van der Waals surface area (Å²) in [6, 6.07) is 0. The number of amides is 1. The quantitative estimate of drug-likeness (QED) is 0.597. The number of hydrogen-bond donors (Lipinski definition) is 1. The summed E-state index contributed by atoms with van der Waals surface area (Å²) in [5.41, 5.74) is 0. The van der Waals surface area contributed by atoms with Crippen molar-refractivity contribution in [1.29, 1.82) is 0 Å². The van der Waals surface area contributed by atoms with Gasteiger partial charge in [0, 0.05) is 13.1 Å². The van der Waals surface area contributed by atoms with E-state index in [-0.39, 0.29) is 0 Å². The minimum absolute atomic E-state index is 0.399. The third-order valence-corrected chi connectivity index (χ3v) is 2.10. The zero-order valence-corrected chi connectivity index (χ0v) is 7.32. The molecule has 4 heteroatoms. The van der Waals surface area contributed by atoms with Crippen LogP contribution in [0.25, 0.3) is 0 Å². The van der Waals surface area contributed by atoms with Crippen molar-refractivity contribution in [3.05, 3.63) is 0 Å². The van der Waals surface area contributed by atoms with Crippen molar-refractivity contribution in [1.82, 2.24) is 4.90 Å². The first-order valence-electron chi connectivity index (χ1n) is 4.26. The minimum atomic E-state index is -0.524. The number of likely N-dealkylation sites (tertiary alicyclic amines) is 1. The summed E-state index contributed by atoms with van der Waals surface area (Å²) in [4.78, 5) is 12.7. The van der Waals surface area contributed by atoms with Crippen LogP contribution >= 0.6 is 0 Å². The molecule has 1 atom stereocenters.